The van der Waals surface area contributed by atoms with E-state index in [1.54, 1.807) is 0 Å². The van der Waals surface area contributed by atoms with Crippen molar-refractivity contribution >= 4 is 11.7 Å². The molecule has 1 aromatic carbocycles. The van der Waals surface area contributed by atoms with E-state index in [-0.39, 0.29) is 17.1 Å². The molecule has 3 N–H and O–H groups in total. The van der Waals surface area contributed by atoms with E-state index in [0.29, 0.717) is 0 Å². The molecule has 19 heavy (non-hydrogen) atoms. The molecule has 0 radical (unpaired) electrons. The van der Waals surface area contributed by atoms with Gasteiger partial charge in [-0.05, 0) is 18.2 Å². The van der Waals surface area contributed by atoms with Crippen LogP contribution in [-0.2, 0) is 0 Å². The highest BCUT2D eigenvalue weighted by Crippen LogP contribution is 2.27. The van der Waals surface area contributed by atoms with Crippen molar-refractivity contribution in [3.8, 4) is 11.6 Å². The first kappa shape index (κ1) is 12.7. The van der Waals surface area contributed by atoms with Gasteiger partial charge in [-0.2, -0.15) is 0 Å². The molecular weight excluding hydrogens is 258 g/mol. The molecule has 7 heteroatoms. The molecule has 1 aromatic heterocycles. The second-order valence-electron chi connectivity index (χ2n) is 3.60. The first-order valence-corrected chi connectivity index (χ1v) is 5.09. The Morgan fingerprint density at radius 1 is 1.32 bits per heavy atom. The molecule has 1 heterocycles. The lowest BCUT2D eigenvalue weighted by Gasteiger charge is -2.08. The number of halogens is 2. The Balaban J connectivity index is 2.43. The van der Waals surface area contributed by atoms with E-state index in [2.05, 4.69) is 4.98 Å². The lowest BCUT2D eigenvalue weighted by Crippen LogP contribution is -2.04. The topological polar surface area (TPSA) is 85.4 Å². The SMILES string of the molecule is Nc1cnc(Oc2cc(F)ccc2F)c(C(=O)O)c1. The number of aromatic nitrogens is 1. The Morgan fingerprint density at radius 2 is 2.05 bits per heavy atom. The van der Waals surface area contributed by atoms with Gasteiger partial charge >= 0.3 is 5.97 Å². The Labute approximate surface area is 106 Å². The third kappa shape index (κ3) is 2.76. The Bertz CT molecular complexity index is 647. The third-order valence-electron chi connectivity index (χ3n) is 2.20. The molecule has 2 rings (SSSR count). The molecule has 5 nitrogen and oxygen atoms in total. The van der Waals surface area contributed by atoms with Crippen LogP contribution in [0.25, 0.3) is 0 Å². The number of carboxylic acids is 1. The molecule has 0 spiro atoms. The molecule has 0 unspecified atom stereocenters. The van der Waals surface area contributed by atoms with E-state index in [9.17, 15) is 13.6 Å². The molecule has 0 saturated carbocycles. The zero-order valence-electron chi connectivity index (χ0n) is 9.43. The minimum Gasteiger partial charge on any atom is -0.477 e. The number of nitrogens with zero attached hydrogens (tertiary/aromatic N) is 1. The van der Waals surface area contributed by atoms with Gasteiger partial charge < -0.3 is 15.6 Å². The smallest absolute Gasteiger partial charge is 0.341 e. The molecule has 0 aliphatic heterocycles. The first-order chi connectivity index (χ1) is 8.97. The van der Waals surface area contributed by atoms with Gasteiger partial charge in [-0.1, -0.05) is 0 Å². The predicted octanol–water partition coefficient (Wildman–Crippen LogP) is 2.43. The number of benzene rings is 1. The van der Waals surface area contributed by atoms with Crippen LogP contribution in [0, 0.1) is 11.6 Å². The van der Waals surface area contributed by atoms with Crippen LogP contribution in [0.2, 0.25) is 0 Å². The lowest BCUT2D eigenvalue weighted by atomic mass is 10.2. The maximum absolute atomic E-state index is 13.4. The summed E-state index contributed by atoms with van der Waals surface area (Å²) in [5.74, 6) is -3.72. The van der Waals surface area contributed by atoms with E-state index in [1.165, 1.54) is 0 Å². The average molecular weight is 266 g/mol. The molecule has 0 saturated heterocycles. The van der Waals surface area contributed by atoms with Gasteiger partial charge in [0.25, 0.3) is 0 Å². The van der Waals surface area contributed by atoms with E-state index >= 15 is 0 Å². The van der Waals surface area contributed by atoms with Crippen molar-refractivity contribution in [2.24, 2.45) is 0 Å². The standard InChI is InChI=1S/C12H8F2N2O3/c13-6-1-2-9(14)10(3-6)19-11-8(12(17)18)4-7(15)5-16-11/h1-5H,15H2,(H,17,18). The number of carbonyl (C=O) groups is 1. The van der Waals surface area contributed by atoms with Crippen LogP contribution in [0.5, 0.6) is 11.6 Å². The number of pyridine rings is 1. The van der Waals surface area contributed by atoms with Crippen LogP contribution in [-0.4, -0.2) is 16.1 Å². The van der Waals surface area contributed by atoms with Gasteiger partial charge in [-0.15, -0.1) is 0 Å². The van der Waals surface area contributed by atoms with Crippen LogP contribution in [0.15, 0.2) is 30.5 Å². The predicted molar refractivity (Wildman–Crippen MR) is 62.0 cm³/mol. The third-order valence-corrected chi connectivity index (χ3v) is 2.20. The molecule has 0 bridgehead atoms. The number of hydrogen-bond acceptors (Lipinski definition) is 4. The fourth-order valence-corrected chi connectivity index (χ4v) is 1.36. The van der Waals surface area contributed by atoms with Gasteiger partial charge in [-0.3, -0.25) is 0 Å². The summed E-state index contributed by atoms with van der Waals surface area (Å²) in [5.41, 5.74) is 5.17. The maximum Gasteiger partial charge on any atom is 0.341 e. The van der Waals surface area contributed by atoms with Crippen molar-refractivity contribution in [3.05, 3.63) is 47.7 Å². The second kappa shape index (κ2) is 4.89. The molecule has 0 aliphatic carbocycles. The normalized spacial score (nSPS) is 10.2. The first-order valence-electron chi connectivity index (χ1n) is 5.09. The summed E-state index contributed by atoms with van der Waals surface area (Å²) in [6.07, 6.45) is 1.15. The minimum atomic E-state index is -1.34. The summed E-state index contributed by atoms with van der Waals surface area (Å²) in [5, 5.41) is 8.95. The van der Waals surface area contributed by atoms with E-state index < -0.39 is 23.4 Å². The number of nitrogen functional groups attached to an aromatic ring is 1. The van der Waals surface area contributed by atoms with Crippen LogP contribution in [0.4, 0.5) is 14.5 Å². The highest BCUT2D eigenvalue weighted by atomic mass is 19.1. The fraction of sp³-hybridized carbons (Fsp3) is 0. The number of anilines is 1. The Hall–Kier alpha value is -2.70. The van der Waals surface area contributed by atoms with Crippen molar-refractivity contribution in [2.75, 3.05) is 5.73 Å². The number of carboxylic acid groups (broad SMARTS) is 1. The highest BCUT2D eigenvalue weighted by molar-refractivity contribution is 5.91. The van der Waals surface area contributed by atoms with Gasteiger partial charge in [0.2, 0.25) is 5.88 Å². The number of ether oxygens (including phenoxy) is 1. The molecule has 0 aliphatic rings. The van der Waals surface area contributed by atoms with Gasteiger partial charge in [0.05, 0.1) is 11.9 Å². The van der Waals surface area contributed by atoms with E-state index in [0.717, 1.165) is 30.5 Å². The number of hydrogen-bond donors (Lipinski definition) is 2. The van der Waals surface area contributed by atoms with Crippen LogP contribution in [0.3, 0.4) is 0 Å². The van der Waals surface area contributed by atoms with Gasteiger partial charge in [-0.25, -0.2) is 18.6 Å². The molecule has 0 amide bonds. The molecule has 98 valence electrons. The Morgan fingerprint density at radius 3 is 2.74 bits per heavy atom. The largest absolute Gasteiger partial charge is 0.477 e. The average Bonchev–Trinajstić information content (AvgIpc) is 2.35. The van der Waals surface area contributed by atoms with Crippen molar-refractivity contribution in [2.45, 2.75) is 0 Å². The molecule has 0 fully saturated rings. The Kier molecular flexibility index (Phi) is 3.28. The summed E-state index contributed by atoms with van der Waals surface area (Å²) in [6.45, 7) is 0. The van der Waals surface area contributed by atoms with Gasteiger partial charge in [0, 0.05) is 6.07 Å². The molecule has 2 aromatic rings. The summed E-state index contributed by atoms with van der Waals surface area (Å²) in [4.78, 5) is 14.6. The quantitative estimate of drug-likeness (QED) is 0.891. The zero-order valence-corrected chi connectivity index (χ0v) is 9.43. The summed E-state index contributed by atoms with van der Waals surface area (Å²) in [6, 6.07) is 3.68. The highest BCUT2D eigenvalue weighted by Gasteiger charge is 2.16. The summed E-state index contributed by atoms with van der Waals surface area (Å²) >= 11 is 0. The second-order valence-corrected chi connectivity index (χ2v) is 3.60. The minimum absolute atomic E-state index is 0.115. The van der Waals surface area contributed by atoms with Crippen LogP contribution in [0.1, 0.15) is 10.4 Å². The van der Waals surface area contributed by atoms with Crippen LogP contribution >= 0.6 is 0 Å². The van der Waals surface area contributed by atoms with Crippen molar-refractivity contribution in [1.29, 1.82) is 0 Å². The van der Waals surface area contributed by atoms with Crippen molar-refractivity contribution < 1.29 is 23.4 Å². The molecular formula is C12H8F2N2O3. The number of nitrogens with two attached hydrogens (primary N) is 1. The lowest BCUT2D eigenvalue weighted by molar-refractivity contribution is 0.0693. The van der Waals surface area contributed by atoms with Gasteiger partial charge in [0.15, 0.2) is 11.6 Å². The number of rotatable bonds is 3. The van der Waals surface area contributed by atoms with E-state index in [1.807, 2.05) is 0 Å². The maximum atomic E-state index is 13.4. The van der Waals surface area contributed by atoms with Crippen molar-refractivity contribution in [1.82, 2.24) is 4.98 Å². The van der Waals surface area contributed by atoms with Gasteiger partial charge in [0.1, 0.15) is 11.4 Å². The van der Waals surface area contributed by atoms with Crippen LogP contribution < -0.4 is 10.5 Å². The monoisotopic (exact) mass is 266 g/mol. The van der Waals surface area contributed by atoms with E-state index in [4.69, 9.17) is 15.6 Å². The summed E-state index contributed by atoms with van der Waals surface area (Å²) in [7, 11) is 0. The number of aromatic carboxylic acids is 1. The van der Waals surface area contributed by atoms with Crippen molar-refractivity contribution in [3.63, 3.8) is 0 Å². The summed E-state index contributed by atoms with van der Waals surface area (Å²) < 4.78 is 31.3. The molecule has 0 atom stereocenters. The zero-order chi connectivity index (χ0) is 14.0. The fourth-order valence-electron chi connectivity index (χ4n) is 1.36.